The highest BCUT2D eigenvalue weighted by Gasteiger charge is 2.25. The van der Waals surface area contributed by atoms with E-state index in [1.807, 2.05) is 6.07 Å². The molecule has 3 heterocycles. The van der Waals surface area contributed by atoms with Crippen LogP contribution in [0.2, 0.25) is 0 Å². The minimum Gasteiger partial charge on any atom is -0.367 e. The van der Waals surface area contributed by atoms with Gasteiger partial charge in [-0.2, -0.15) is 4.98 Å². The smallest absolute Gasteiger partial charge is 0.272 e. The number of carbonyl (C=O) groups excluding carboxylic acids is 1. The first-order valence-electron chi connectivity index (χ1n) is 7.33. The molecular weight excluding hydrogens is 284 g/mol. The first kappa shape index (κ1) is 14.6. The van der Waals surface area contributed by atoms with Crippen LogP contribution in [-0.4, -0.2) is 45.1 Å². The number of hydrogen-bond acceptors (Lipinski definition) is 6. The van der Waals surface area contributed by atoms with Crippen LogP contribution < -0.4 is 0 Å². The fraction of sp³-hybridized carbons (Fsp3) is 0.467. The summed E-state index contributed by atoms with van der Waals surface area (Å²) in [5.41, 5.74) is 0.468. The average molecular weight is 302 g/mol. The van der Waals surface area contributed by atoms with Gasteiger partial charge in [-0.05, 0) is 31.9 Å². The van der Waals surface area contributed by atoms with Crippen LogP contribution >= 0.6 is 0 Å². The zero-order valence-electron chi connectivity index (χ0n) is 12.4. The molecule has 1 fully saturated rings. The summed E-state index contributed by atoms with van der Waals surface area (Å²) in [4.78, 5) is 22.4. The van der Waals surface area contributed by atoms with E-state index in [0.29, 0.717) is 24.0 Å². The van der Waals surface area contributed by atoms with E-state index in [9.17, 15) is 4.79 Å². The third-order valence-electron chi connectivity index (χ3n) is 3.56. The zero-order chi connectivity index (χ0) is 15.4. The van der Waals surface area contributed by atoms with Gasteiger partial charge in [0, 0.05) is 19.3 Å². The number of ether oxygens (including phenoxy) is 1. The molecule has 1 saturated heterocycles. The van der Waals surface area contributed by atoms with Crippen molar-refractivity contribution in [2.24, 2.45) is 0 Å². The van der Waals surface area contributed by atoms with Gasteiger partial charge < -0.3 is 14.2 Å². The van der Waals surface area contributed by atoms with E-state index in [4.69, 9.17) is 9.26 Å². The van der Waals surface area contributed by atoms with Crippen molar-refractivity contribution in [1.29, 1.82) is 0 Å². The number of likely N-dealkylation sites (tertiary alicyclic amines) is 1. The summed E-state index contributed by atoms with van der Waals surface area (Å²) in [7, 11) is 0. The Kier molecular flexibility index (Phi) is 4.43. The van der Waals surface area contributed by atoms with Gasteiger partial charge in [-0.25, -0.2) is 0 Å². The van der Waals surface area contributed by atoms with Gasteiger partial charge in [0.2, 0.25) is 0 Å². The molecule has 0 aliphatic carbocycles. The maximum atomic E-state index is 12.4. The Balaban J connectivity index is 1.56. The molecular formula is C15H18N4O3. The Morgan fingerprint density at radius 1 is 1.50 bits per heavy atom. The molecule has 7 heteroatoms. The van der Waals surface area contributed by atoms with Gasteiger partial charge in [0.15, 0.2) is 5.82 Å². The van der Waals surface area contributed by atoms with Crippen molar-refractivity contribution in [3.8, 4) is 0 Å². The Morgan fingerprint density at radius 2 is 2.41 bits per heavy atom. The Labute approximate surface area is 128 Å². The molecule has 0 radical (unpaired) electrons. The molecule has 7 nitrogen and oxygen atoms in total. The summed E-state index contributed by atoms with van der Waals surface area (Å²) in [6, 6.07) is 5.34. The van der Waals surface area contributed by atoms with E-state index in [2.05, 4.69) is 15.1 Å². The van der Waals surface area contributed by atoms with Gasteiger partial charge in [-0.3, -0.25) is 9.78 Å². The predicted molar refractivity (Wildman–Crippen MR) is 77.0 cm³/mol. The van der Waals surface area contributed by atoms with Crippen molar-refractivity contribution in [3.05, 3.63) is 41.8 Å². The maximum Gasteiger partial charge on any atom is 0.272 e. The van der Waals surface area contributed by atoms with Crippen LogP contribution in [0, 0.1) is 6.92 Å². The van der Waals surface area contributed by atoms with Gasteiger partial charge in [-0.15, -0.1) is 0 Å². The van der Waals surface area contributed by atoms with Crippen molar-refractivity contribution >= 4 is 5.91 Å². The average Bonchev–Trinajstić information content (AvgIpc) is 2.99. The maximum absolute atomic E-state index is 12.4. The van der Waals surface area contributed by atoms with Crippen LogP contribution in [-0.2, 0) is 11.3 Å². The second-order valence-corrected chi connectivity index (χ2v) is 5.28. The molecule has 116 valence electrons. The van der Waals surface area contributed by atoms with Crippen LogP contribution in [0.25, 0.3) is 0 Å². The quantitative estimate of drug-likeness (QED) is 0.853. The van der Waals surface area contributed by atoms with E-state index in [1.165, 1.54) is 0 Å². The number of piperidine rings is 1. The summed E-state index contributed by atoms with van der Waals surface area (Å²) in [6.45, 7) is 3.33. The summed E-state index contributed by atoms with van der Waals surface area (Å²) < 4.78 is 10.8. The summed E-state index contributed by atoms with van der Waals surface area (Å²) in [6.07, 6.45) is 3.43. The minimum absolute atomic E-state index is 0.0198. The molecule has 3 rings (SSSR count). The Morgan fingerprint density at radius 3 is 3.14 bits per heavy atom. The number of aryl methyl sites for hydroxylation is 1. The van der Waals surface area contributed by atoms with Crippen LogP contribution in [0.4, 0.5) is 0 Å². The first-order valence-corrected chi connectivity index (χ1v) is 7.33. The van der Waals surface area contributed by atoms with Crippen molar-refractivity contribution < 1.29 is 14.1 Å². The normalized spacial score (nSPS) is 18.4. The number of amides is 1. The Hall–Kier alpha value is -2.28. The molecule has 0 spiro atoms. The van der Waals surface area contributed by atoms with Crippen LogP contribution in [0.3, 0.4) is 0 Å². The molecule has 1 amide bonds. The molecule has 2 aromatic heterocycles. The largest absolute Gasteiger partial charge is 0.367 e. The SMILES string of the molecule is Cc1noc(CO[C@@H]2CCCN(C(=O)c3ccccn3)C2)n1. The van der Waals surface area contributed by atoms with Gasteiger partial charge in [-0.1, -0.05) is 11.2 Å². The number of aromatic nitrogens is 3. The van der Waals surface area contributed by atoms with Crippen LogP contribution in [0.1, 0.15) is 35.0 Å². The highest BCUT2D eigenvalue weighted by atomic mass is 16.5. The summed E-state index contributed by atoms with van der Waals surface area (Å²) >= 11 is 0. The molecule has 1 aliphatic rings. The van der Waals surface area contributed by atoms with Crippen molar-refractivity contribution in [1.82, 2.24) is 20.0 Å². The monoisotopic (exact) mass is 302 g/mol. The molecule has 0 saturated carbocycles. The third-order valence-corrected chi connectivity index (χ3v) is 3.56. The fourth-order valence-corrected chi connectivity index (χ4v) is 2.50. The lowest BCUT2D eigenvalue weighted by Gasteiger charge is -2.32. The highest BCUT2D eigenvalue weighted by Crippen LogP contribution is 2.16. The highest BCUT2D eigenvalue weighted by molar-refractivity contribution is 5.92. The predicted octanol–water partition coefficient (Wildman–Crippen LogP) is 1.59. The molecule has 1 atom stereocenters. The first-order chi connectivity index (χ1) is 10.7. The summed E-state index contributed by atoms with van der Waals surface area (Å²) in [5, 5.41) is 3.72. The third kappa shape index (κ3) is 3.48. The van der Waals surface area contributed by atoms with Gasteiger partial charge in [0.1, 0.15) is 12.3 Å². The van der Waals surface area contributed by atoms with E-state index in [0.717, 1.165) is 19.4 Å². The summed E-state index contributed by atoms with van der Waals surface area (Å²) in [5.74, 6) is 1.00. The molecule has 0 unspecified atom stereocenters. The van der Waals surface area contributed by atoms with Crippen LogP contribution in [0.5, 0.6) is 0 Å². The zero-order valence-corrected chi connectivity index (χ0v) is 12.4. The van der Waals surface area contributed by atoms with Crippen molar-refractivity contribution in [3.63, 3.8) is 0 Å². The van der Waals surface area contributed by atoms with Crippen molar-refractivity contribution in [2.75, 3.05) is 13.1 Å². The lowest BCUT2D eigenvalue weighted by Crippen LogP contribution is -2.43. The number of rotatable bonds is 4. The van der Waals surface area contributed by atoms with Gasteiger partial charge in [0.25, 0.3) is 11.8 Å². The van der Waals surface area contributed by atoms with E-state index < -0.39 is 0 Å². The van der Waals surface area contributed by atoms with Crippen molar-refractivity contribution in [2.45, 2.75) is 32.5 Å². The number of hydrogen-bond donors (Lipinski definition) is 0. The molecule has 2 aromatic rings. The molecule has 1 aliphatic heterocycles. The van der Waals surface area contributed by atoms with E-state index in [-0.39, 0.29) is 18.6 Å². The number of nitrogens with zero attached hydrogens (tertiary/aromatic N) is 4. The molecule has 0 aromatic carbocycles. The molecule has 0 N–H and O–H groups in total. The van der Waals surface area contributed by atoms with E-state index >= 15 is 0 Å². The topological polar surface area (TPSA) is 81.4 Å². The number of pyridine rings is 1. The molecule has 0 bridgehead atoms. The molecule has 22 heavy (non-hydrogen) atoms. The lowest BCUT2D eigenvalue weighted by molar-refractivity contribution is -0.0155. The fourth-order valence-electron chi connectivity index (χ4n) is 2.50. The number of carbonyl (C=O) groups is 1. The van der Waals surface area contributed by atoms with Crippen LogP contribution in [0.15, 0.2) is 28.9 Å². The second-order valence-electron chi connectivity index (χ2n) is 5.28. The second kappa shape index (κ2) is 6.65. The lowest BCUT2D eigenvalue weighted by atomic mass is 10.1. The minimum atomic E-state index is -0.0532. The van der Waals surface area contributed by atoms with Gasteiger partial charge >= 0.3 is 0 Å². The van der Waals surface area contributed by atoms with Gasteiger partial charge in [0.05, 0.1) is 6.10 Å². The van der Waals surface area contributed by atoms with E-state index in [1.54, 1.807) is 30.2 Å². The Bertz CT molecular complexity index is 629. The standard InChI is InChI=1S/C15H18N4O3/c1-11-17-14(22-18-11)10-21-12-5-4-8-19(9-12)15(20)13-6-2-3-7-16-13/h2-3,6-7,12H,4-5,8-10H2,1H3/t12-/m1/s1.